The number of β-amino-alcohol motifs (C(OH)–C–C–N with tert-alkyl or cyclic N) is 1. The second-order valence-electron chi connectivity index (χ2n) is 3.52. The van der Waals surface area contributed by atoms with E-state index >= 15 is 0 Å². The number of aliphatic carboxylic acids is 2. The summed E-state index contributed by atoms with van der Waals surface area (Å²) in [6.45, 7) is 4.08. The Morgan fingerprint density at radius 2 is 1.88 bits per heavy atom. The molecule has 1 aliphatic heterocycles. The highest BCUT2D eigenvalue weighted by Gasteiger charge is 2.19. The number of hydrogen-bond acceptors (Lipinski definition) is 5. The molecule has 94 valence electrons. The van der Waals surface area contributed by atoms with Crippen LogP contribution in [-0.4, -0.2) is 64.9 Å². The van der Waals surface area contributed by atoms with Crippen LogP contribution in [0.5, 0.6) is 0 Å². The van der Waals surface area contributed by atoms with Crippen LogP contribution < -0.4 is 5.73 Å². The van der Waals surface area contributed by atoms with Crippen LogP contribution in [0.1, 0.15) is 6.42 Å². The molecule has 0 radical (unpaired) electrons. The zero-order valence-electron chi connectivity index (χ0n) is 9.00. The Hall–Kier alpha value is -1.18. The first-order valence-corrected chi connectivity index (χ1v) is 5.00. The highest BCUT2D eigenvalue weighted by atomic mass is 16.4. The summed E-state index contributed by atoms with van der Waals surface area (Å²) in [6.07, 6.45) is 1.20. The van der Waals surface area contributed by atoms with Crippen LogP contribution in [0.2, 0.25) is 0 Å². The molecule has 1 heterocycles. The minimum Gasteiger partial charge on any atom is -0.473 e. The summed E-state index contributed by atoms with van der Waals surface area (Å²) in [5, 5.41) is 23.4. The first-order valence-electron chi connectivity index (χ1n) is 5.00. The van der Waals surface area contributed by atoms with Crippen molar-refractivity contribution in [2.24, 2.45) is 11.7 Å². The van der Waals surface area contributed by atoms with Gasteiger partial charge in [-0.3, -0.25) is 0 Å². The SMILES string of the molecule is NCC1CCN(CCO)C1.O=C(O)C(=O)O. The molecule has 0 aromatic rings. The third kappa shape index (κ3) is 6.33. The summed E-state index contributed by atoms with van der Waals surface area (Å²) in [6, 6.07) is 0. The van der Waals surface area contributed by atoms with Crippen LogP contribution in [0, 0.1) is 5.92 Å². The molecule has 0 amide bonds. The van der Waals surface area contributed by atoms with Crippen LogP contribution in [0.25, 0.3) is 0 Å². The molecule has 7 nitrogen and oxygen atoms in total. The van der Waals surface area contributed by atoms with Gasteiger partial charge in [0.2, 0.25) is 0 Å². The first kappa shape index (κ1) is 14.8. The monoisotopic (exact) mass is 234 g/mol. The van der Waals surface area contributed by atoms with E-state index in [1.165, 1.54) is 6.42 Å². The van der Waals surface area contributed by atoms with E-state index in [2.05, 4.69) is 4.90 Å². The Morgan fingerprint density at radius 1 is 1.31 bits per heavy atom. The number of nitrogens with two attached hydrogens (primary N) is 1. The van der Waals surface area contributed by atoms with Gasteiger partial charge in [-0.1, -0.05) is 0 Å². The average molecular weight is 234 g/mol. The predicted molar refractivity (Wildman–Crippen MR) is 56.0 cm³/mol. The van der Waals surface area contributed by atoms with E-state index in [0.29, 0.717) is 5.92 Å². The Labute approximate surface area is 93.5 Å². The number of hydrogen-bond donors (Lipinski definition) is 4. The van der Waals surface area contributed by atoms with Gasteiger partial charge in [-0.2, -0.15) is 0 Å². The predicted octanol–water partition coefficient (Wildman–Crippen LogP) is -1.59. The van der Waals surface area contributed by atoms with Crippen LogP contribution in [-0.2, 0) is 9.59 Å². The Kier molecular flexibility index (Phi) is 7.44. The molecule has 1 fully saturated rings. The number of carboxylic acid groups (broad SMARTS) is 2. The fourth-order valence-electron chi connectivity index (χ4n) is 1.45. The van der Waals surface area contributed by atoms with Crippen molar-refractivity contribution in [1.82, 2.24) is 4.90 Å². The molecule has 1 aliphatic rings. The summed E-state index contributed by atoms with van der Waals surface area (Å²) in [4.78, 5) is 20.5. The van der Waals surface area contributed by atoms with E-state index in [4.69, 9.17) is 30.6 Å². The van der Waals surface area contributed by atoms with E-state index in [-0.39, 0.29) is 6.61 Å². The summed E-state index contributed by atoms with van der Waals surface area (Å²) < 4.78 is 0. The van der Waals surface area contributed by atoms with Crippen LogP contribution in [0.15, 0.2) is 0 Å². The van der Waals surface area contributed by atoms with Gasteiger partial charge in [0.25, 0.3) is 0 Å². The maximum Gasteiger partial charge on any atom is 0.414 e. The molecule has 1 atom stereocenters. The Morgan fingerprint density at radius 3 is 2.19 bits per heavy atom. The van der Waals surface area contributed by atoms with Gasteiger partial charge >= 0.3 is 11.9 Å². The molecule has 0 aromatic carbocycles. The number of likely N-dealkylation sites (tertiary alicyclic amines) is 1. The highest BCUT2D eigenvalue weighted by molar-refractivity contribution is 6.27. The van der Waals surface area contributed by atoms with Gasteiger partial charge in [0.05, 0.1) is 6.61 Å². The van der Waals surface area contributed by atoms with Crippen LogP contribution in [0.3, 0.4) is 0 Å². The van der Waals surface area contributed by atoms with E-state index in [9.17, 15) is 0 Å². The number of rotatable bonds is 3. The number of aliphatic hydroxyl groups excluding tert-OH is 1. The smallest absolute Gasteiger partial charge is 0.414 e. The number of nitrogens with zero attached hydrogens (tertiary/aromatic N) is 1. The summed E-state index contributed by atoms with van der Waals surface area (Å²) in [7, 11) is 0. The molecule has 1 saturated heterocycles. The third-order valence-electron chi connectivity index (χ3n) is 2.30. The van der Waals surface area contributed by atoms with Crippen molar-refractivity contribution < 1.29 is 24.9 Å². The Balaban J connectivity index is 0.000000325. The zero-order chi connectivity index (χ0) is 12.6. The van der Waals surface area contributed by atoms with Crippen LogP contribution >= 0.6 is 0 Å². The van der Waals surface area contributed by atoms with Crippen molar-refractivity contribution in [2.75, 3.05) is 32.8 Å². The largest absolute Gasteiger partial charge is 0.473 e. The van der Waals surface area contributed by atoms with Gasteiger partial charge in [0.15, 0.2) is 0 Å². The molecule has 0 spiro atoms. The normalized spacial score (nSPS) is 20.0. The molecule has 16 heavy (non-hydrogen) atoms. The standard InChI is InChI=1S/C7H16N2O.C2H2O4/c8-5-7-1-2-9(6-7)3-4-10;3-1(4)2(5)6/h7,10H,1-6,8H2;(H,3,4)(H,5,6). The van der Waals surface area contributed by atoms with E-state index in [0.717, 1.165) is 26.2 Å². The summed E-state index contributed by atoms with van der Waals surface area (Å²) in [5.41, 5.74) is 5.50. The van der Waals surface area contributed by atoms with Gasteiger partial charge in [-0.05, 0) is 25.4 Å². The first-order chi connectivity index (χ1) is 7.51. The molecule has 0 bridgehead atoms. The second kappa shape index (κ2) is 8.03. The van der Waals surface area contributed by atoms with E-state index in [1.54, 1.807) is 0 Å². The van der Waals surface area contributed by atoms with Gasteiger partial charge in [0.1, 0.15) is 0 Å². The molecular formula is C9H18N2O5. The summed E-state index contributed by atoms with van der Waals surface area (Å²) >= 11 is 0. The van der Waals surface area contributed by atoms with Crippen molar-refractivity contribution in [3.8, 4) is 0 Å². The van der Waals surface area contributed by atoms with Gasteiger partial charge in [-0.25, -0.2) is 9.59 Å². The van der Waals surface area contributed by atoms with E-state index < -0.39 is 11.9 Å². The topological polar surface area (TPSA) is 124 Å². The summed E-state index contributed by atoms with van der Waals surface area (Å²) in [5.74, 6) is -2.98. The van der Waals surface area contributed by atoms with Crippen molar-refractivity contribution in [3.63, 3.8) is 0 Å². The van der Waals surface area contributed by atoms with Crippen molar-refractivity contribution >= 4 is 11.9 Å². The fourth-order valence-corrected chi connectivity index (χ4v) is 1.45. The molecule has 7 heteroatoms. The zero-order valence-corrected chi connectivity index (χ0v) is 9.00. The lowest BCUT2D eigenvalue weighted by molar-refractivity contribution is -0.159. The second-order valence-corrected chi connectivity index (χ2v) is 3.52. The van der Waals surface area contributed by atoms with Crippen LogP contribution in [0.4, 0.5) is 0 Å². The lowest BCUT2D eigenvalue weighted by Crippen LogP contribution is -2.25. The molecule has 1 rings (SSSR count). The molecule has 5 N–H and O–H groups in total. The molecule has 0 aliphatic carbocycles. The van der Waals surface area contributed by atoms with Crippen molar-refractivity contribution in [1.29, 1.82) is 0 Å². The average Bonchev–Trinajstić information content (AvgIpc) is 2.67. The molecule has 0 aromatic heterocycles. The Bertz CT molecular complexity index is 222. The minimum absolute atomic E-state index is 0.275. The lowest BCUT2D eigenvalue weighted by atomic mass is 10.1. The minimum atomic E-state index is -1.82. The molecule has 0 saturated carbocycles. The van der Waals surface area contributed by atoms with Gasteiger partial charge in [-0.15, -0.1) is 0 Å². The van der Waals surface area contributed by atoms with Crippen molar-refractivity contribution in [2.45, 2.75) is 6.42 Å². The van der Waals surface area contributed by atoms with E-state index in [1.807, 2.05) is 0 Å². The number of carbonyl (C=O) groups is 2. The maximum absolute atomic E-state index is 9.10. The lowest BCUT2D eigenvalue weighted by Gasteiger charge is -2.12. The fraction of sp³-hybridized carbons (Fsp3) is 0.778. The maximum atomic E-state index is 9.10. The number of aliphatic hydroxyl groups is 1. The molecule has 1 unspecified atom stereocenters. The molecular weight excluding hydrogens is 216 g/mol. The van der Waals surface area contributed by atoms with Gasteiger partial charge in [0, 0.05) is 13.1 Å². The quantitative estimate of drug-likeness (QED) is 0.434. The highest BCUT2D eigenvalue weighted by Crippen LogP contribution is 2.13. The number of carboxylic acids is 2. The third-order valence-corrected chi connectivity index (χ3v) is 2.30. The van der Waals surface area contributed by atoms with Gasteiger partial charge < -0.3 is 26.0 Å². The van der Waals surface area contributed by atoms with Crippen molar-refractivity contribution in [3.05, 3.63) is 0 Å².